The minimum absolute atomic E-state index is 0.0276. The Morgan fingerprint density at radius 2 is 2.12 bits per heavy atom. The van der Waals surface area contributed by atoms with Gasteiger partial charge in [-0.25, -0.2) is 9.97 Å². The molecular weight excluding hydrogens is 204 g/mol. The molecule has 0 aromatic carbocycles. The van der Waals surface area contributed by atoms with Gasteiger partial charge in [0, 0.05) is 6.20 Å². The third-order valence-electron chi connectivity index (χ3n) is 2.42. The zero-order valence-electron chi connectivity index (χ0n) is 9.44. The van der Waals surface area contributed by atoms with Crippen molar-refractivity contribution in [3.05, 3.63) is 35.3 Å². The topological polar surface area (TPSA) is 56.0 Å². The molecule has 2 heterocycles. The van der Waals surface area contributed by atoms with Crippen LogP contribution in [0, 0.1) is 13.8 Å². The van der Waals surface area contributed by atoms with Gasteiger partial charge in [0.25, 0.3) is 0 Å². The average Bonchev–Trinajstić information content (AvgIpc) is 2.63. The van der Waals surface area contributed by atoms with E-state index in [1.807, 2.05) is 13.0 Å². The summed E-state index contributed by atoms with van der Waals surface area (Å²) in [5.41, 5.74) is 2.20. The molecule has 4 heteroatoms. The van der Waals surface area contributed by atoms with Gasteiger partial charge in [-0.2, -0.15) is 0 Å². The smallest absolute Gasteiger partial charge is 0.196 e. The lowest BCUT2D eigenvalue weighted by atomic mass is 10.1. The summed E-state index contributed by atoms with van der Waals surface area (Å²) in [4.78, 5) is 19.6. The minimum atomic E-state index is -0.0276. The molecule has 2 aromatic rings. The van der Waals surface area contributed by atoms with Crippen LogP contribution in [0.15, 0.2) is 22.9 Å². The summed E-state index contributed by atoms with van der Waals surface area (Å²) in [6.07, 6.45) is 3.14. The second kappa shape index (κ2) is 3.89. The molecule has 2 rings (SSSR count). The Labute approximate surface area is 93.3 Å². The summed E-state index contributed by atoms with van der Waals surface area (Å²) in [6, 6.07) is 1.85. The summed E-state index contributed by atoms with van der Waals surface area (Å²) >= 11 is 0. The van der Waals surface area contributed by atoms with Crippen molar-refractivity contribution in [1.82, 2.24) is 9.97 Å². The maximum absolute atomic E-state index is 11.2. The number of rotatable bonds is 2. The van der Waals surface area contributed by atoms with Crippen molar-refractivity contribution in [2.75, 3.05) is 0 Å². The van der Waals surface area contributed by atoms with Crippen molar-refractivity contribution in [3.63, 3.8) is 0 Å². The monoisotopic (exact) mass is 216 g/mol. The van der Waals surface area contributed by atoms with Crippen molar-refractivity contribution >= 4 is 5.78 Å². The molecule has 0 atom stereocenters. The van der Waals surface area contributed by atoms with E-state index in [1.54, 1.807) is 19.4 Å². The number of hydrogen-bond acceptors (Lipinski definition) is 4. The Hall–Kier alpha value is -1.97. The fourth-order valence-corrected chi connectivity index (χ4v) is 1.52. The van der Waals surface area contributed by atoms with Gasteiger partial charge in [-0.05, 0) is 32.4 Å². The predicted molar refractivity (Wildman–Crippen MR) is 59.2 cm³/mol. The molecule has 0 aliphatic carbocycles. The van der Waals surface area contributed by atoms with Crippen molar-refractivity contribution in [2.24, 2.45) is 0 Å². The van der Waals surface area contributed by atoms with Crippen molar-refractivity contribution in [1.29, 1.82) is 0 Å². The highest BCUT2D eigenvalue weighted by molar-refractivity contribution is 5.94. The summed E-state index contributed by atoms with van der Waals surface area (Å²) in [5, 5.41) is 0. The van der Waals surface area contributed by atoms with Crippen LogP contribution in [0.4, 0.5) is 0 Å². The van der Waals surface area contributed by atoms with Gasteiger partial charge in [0.1, 0.15) is 0 Å². The van der Waals surface area contributed by atoms with Crippen LogP contribution < -0.4 is 0 Å². The Morgan fingerprint density at radius 1 is 1.38 bits per heavy atom. The van der Waals surface area contributed by atoms with Gasteiger partial charge in [0.05, 0.1) is 17.5 Å². The Morgan fingerprint density at radius 3 is 2.62 bits per heavy atom. The first-order valence-corrected chi connectivity index (χ1v) is 4.98. The highest BCUT2D eigenvalue weighted by Crippen LogP contribution is 2.21. The second-order valence-corrected chi connectivity index (χ2v) is 3.68. The zero-order chi connectivity index (χ0) is 11.7. The number of carbonyl (C=O) groups excluding carboxylic acids is 1. The summed E-state index contributed by atoms with van der Waals surface area (Å²) in [7, 11) is 0. The molecule has 16 heavy (non-hydrogen) atoms. The predicted octanol–water partition coefficient (Wildman–Crippen LogP) is 2.56. The molecule has 0 saturated carbocycles. The van der Waals surface area contributed by atoms with Crippen LogP contribution in [0.1, 0.15) is 28.5 Å². The first-order valence-electron chi connectivity index (χ1n) is 4.98. The molecule has 4 nitrogen and oxygen atoms in total. The van der Waals surface area contributed by atoms with Crippen LogP contribution in [0.2, 0.25) is 0 Å². The van der Waals surface area contributed by atoms with Crippen molar-refractivity contribution < 1.29 is 9.21 Å². The van der Waals surface area contributed by atoms with E-state index in [0.29, 0.717) is 22.8 Å². The van der Waals surface area contributed by atoms with Crippen LogP contribution in [0.5, 0.6) is 0 Å². The highest BCUT2D eigenvalue weighted by atomic mass is 16.3. The van der Waals surface area contributed by atoms with Crippen LogP contribution in [-0.4, -0.2) is 15.8 Å². The molecule has 0 fully saturated rings. The standard InChI is InChI=1S/C12H12N2O2/c1-7-4-5-16-11(7)12-13-6-10(9(3)15)8(2)14-12/h4-6H,1-3H3. The number of carbonyl (C=O) groups is 1. The van der Waals surface area contributed by atoms with Crippen LogP contribution in [0.3, 0.4) is 0 Å². The lowest BCUT2D eigenvalue weighted by Crippen LogP contribution is -2.02. The molecule has 0 saturated heterocycles. The lowest BCUT2D eigenvalue weighted by molar-refractivity contribution is 0.101. The van der Waals surface area contributed by atoms with E-state index in [-0.39, 0.29) is 5.78 Å². The molecule has 0 bridgehead atoms. The van der Waals surface area contributed by atoms with Gasteiger partial charge in [-0.3, -0.25) is 4.79 Å². The van der Waals surface area contributed by atoms with Gasteiger partial charge in [-0.15, -0.1) is 0 Å². The van der Waals surface area contributed by atoms with Crippen LogP contribution in [0.25, 0.3) is 11.6 Å². The molecular formula is C12H12N2O2. The number of Topliss-reactive ketones (excluding diaryl/α,β-unsaturated/α-hetero) is 1. The normalized spacial score (nSPS) is 10.4. The Bertz CT molecular complexity index is 544. The zero-order valence-corrected chi connectivity index (χ0v) is 9.44. The highest BCUT2D eigenvalue weighted by Gasteiger charge is 2.12. The maximum atomic E-state index is 11.2. The van der Waals surface area contributed by atoms with Crippen molar-refractivity contribution in [2.45, 2.75) is 20.8 Å². The van der Waals surface area contributed by atoms with E-state index < -0.39 is 0 Å². The molecule has 2 aromatic heterocycles. The quantitative estimate of drug-likeness (QED) is 0.724. The largest absolute Gasteiger partial charge is 0.461 e. The van der Waals surface area contributed by atoms with E-state index in [4.69, 9.17) is 4.42 Å². The fourth-order valence-electron chi connectivity index (χ4n) is 1.52. The van der Waals surface area contributed by atoms with Gasteiger partial charge in [0.2, 0.25) is 0 Å². The third kappa shape index (κ3) is 1.74. The molecule has 0 N–H and O–H groups in total. The summed E-state index contributed by atoms with van der Waals surface area (Å²) in [6.45, 7) is 5.22. The number of hydrogen-bond donors (Lipinski definition) is 0. The first-order chi connectivity index (χ1) is 7.59. The SMILES string of the molecule is CC(=O)c1cnc(-c2occc2C)nc1C. The number of nitrogens with zero attached hydrogens (tertiary/aromatic N) is 2. The average molecular weight is 216 g/mol. The molecule has 0 radical (unpaired) electrons. The third-order valence-corrected chi connectivity index (χ3v) is 2.42. The maximum Gasteiger partial charge on any atom is 0.196 e. The van der Waals surface area contributed by atoms with E-state index in [1.165, 1.54) is 6.92 Å². The minimum Gasteiger partial charge on any atom is -0.461 e. The van der Waals surface area contributed by atoms with Crippen LogP contribution in [-0.2, 0) is 0 Å². The van der Waals surface area contributed by atoms with E-state index in [0.717, 1.165) is 5.56 Å². The number of ketones is 1. The number of aromatic nitrogens is 2. The molecule has 0 spiro atoms. The van der Waals surface area contributed by atoms with E-state index in [9.17, 15) is 4.79 Å². The Kier molecular flexibility index (Phi) is 2.56. The van der Waals surface area contributed by atoms with Gasteiger partial charge >= 0.3 is 0 Å². The molecule has 82 valence electrons. The van der Waals surface area contributed by atoms with Gasteiger partial charge < -0.3 is 4.42 Å². The summed E-state index contributed by atoms with van der Waals surface area (Å²) in [5.74, 6) is 1.14. The van der Waals surface area contributed by atoms with Crippen molar-refractivity contribution in [3.8, 4) is 11.6 Å². The summed E-state index contributed by atoms with van der Waals surface area (Å²) < 4.78 is 5.30. The fraction of sp³-hybridized carbons (Fsp3) is 0.250. The molecule has 0 aliphatic heterocycles. The van der Waals surface area contributed by atoms with E-state index >= 15 is 0 Å². The number of aryl methyl sites for hydroxylation is 2. The first kappa shape index (κ1) is 10.5. The molecule has 0 aliphatic rings. The van der Waals surface area contributed by atoms with Gasteiger partial charge in [-0.1, -0.05) is 0 Å². The Balaban J connectivity index is 2.50. The molecule has 0 unspecified atom stereocenters. The van der Waals surface area contributed by atoms with Crippen LogP contribution >= 0.6 is 0 Å². The van der Waals surface area contributed by atoms with E-state index in [2.05, 4.69) is 9.97 Å². The lowest BCUT2D eigenvalue weighted by Gasteiger charge is -2.02. The second-order valence-electron chi connectivity index (χ2n) is 3.68. The number of furan rings is 1. The van der Waals surface area contributed by atoms with Gasteiger partial charge in [0.15, 0.2) is 17.4 Å². The molecule has 0 amide bonds.